The highest BCUT2D eigenvalue weighted by molar-refractivity contribution is 8.01. The van der Waals surface area contributed by atoms with Crippen molar-refractivity contribution in [3.05, 3.63) is 59.7 Å². The van der Waals surface area contributed by atoms with Crippen LogP contribution in [0.5, 0.6) is 17.2 Å². The van der Waals surface area contributed by atoms with E-state index < -0.39 is 0 Å². The normalized spacial score (nSPS) is 10.8. The lowest BCUT2D eigenvalue weighted by Gasteiger charge is -2.12. The van der Waals surface area contributed by atoms with E-state index in [1.54, 1.807) is 51.3 Å². The third-order valence-electron chi connectivity index (χ3n) is 4.43. The van der Waals surface area contributed by atoms with Crippen LogP contribution in [0.2, 0.25) is 0 Å². The van der Waals surface area contributed by atoms with E-state index in [1.807, 2.05) is 6.07 Å². The number of aromatic nitrogens is 2. The predicted octanol–water partition coefficient (Wildman–Crippen LogP) is 4.94. The number of carbonyl (C=O) groups is 1. The van der Waals surface area contributed by atoms with E-state index in [9.17, 15) is 4.79 Å². The molecule has 0 radical (unpaired) electrons. The van der Waals surface area contributed by atoms with Gasteiger partial charge in [-0.15, -0.1) is 10.2 Å². The van der Waals surface area contributed by atoms with Gasteiger partial charge < -0.3 is 14.2 Å². The van der Waals surface area contributed by atoms with E-state index in [4.69, 9.17) is 14.2 Å². The summed E-state index contributed by atoms with van der Waals surface area (Å²) in [6, 6.07) is 13.9. The molecular formula is C23H25N3O4S2. The summed E-state index contributed by atoms with van der Waals surface area (Å²) in [5.74, 6) is 2.18. The number of hydrogen-bond donors (Lipinski definition) is 1. The van der Waals surface area contributed by atoms with Gasteiger partial charge in [0.15, 0.2) is 15.8 Å². The number of amides is 1. The van der Waals surface area contributed by atoms with Crippen molar-refractivity contribution in [2.45, 2.75) is 17.2 Å². The molecular weight excluding hydrogens is 446 g/mol. The third-order valence-corrected chi connectivity index (χ3v) is 6.49. The number of benzene rings is 2. The fourth-order valence-corrected chi connectivity index (χ4v) is 4.68. The summed E-state index contributed by atoms with van der Waals surface area (Å²) in [5, 5.41) is 11.4. The Kier molecular flexibility index (Phi) is 8.94. The number of thioether (sulfide) groups is 1. The maximum atomic E-state index is 12.3. The molecule has 0 saturated carbocycles. The molecule has 0 bridgehead atoms. The van der Waals surface area contributed by atoms with Crippen LogP contribution in [0.15, 0.2) is 52.9 Å². The van der Waals surface area contributed by atoms with E-state index in [2.05, 4.69) is 39.8 Å². The number of hydrogen-bond acceptors (Lipinski definition) is 8. The first-order chi connectivity index (χ1) is 15.6. The Labute approximate surface area is 195 Å². The van der Waals surface area contributed by atoms with Crippen molar-refractivity contribution in [1.82, 2.24) is 10.2 Å². The highest BCUT2D eigenvalue weighted by atomic mass is 32.2. The van der Waals surface area contributed by atoms with Crippen molar-refractivity contribution < 1.29 is 19.0 Å². The number of nitrogens with zero attached hydrogens (tertiary/aromatic N) is 2. The molecule has 0 aliphatic carbocycles. The van der Waals surface area contributed by atoms with Crippen LogP contribution in [0.4, 0.5) is 5.13 Å². The molecule has 32 heavy (non-hydrogen) atoms. The molecule has 7 nitrogen and oxygen atoms in total. The largest absolute Gasteiger partial charge is 0.493 e. The molecule has 0 unspecified atom stereocenters. The SMILES string of the molecule is COc1cc(/C=C/C(=O)Nc2nnc(SCCCc3ccccc3)s2)cc(OC)c1OC. The van der Waals surface area contributed by atoms with Gasteiger partial charge in [-0.1, -0.05) is 53.4 Å². The molecule has 0 aliphatic heterocycles. The van der Waals surface area contributed by atoms with Gasteiger partial charge in [-0.25, -0.2) is 0 Å². The molecule has 0 saturated heterocycles. The monoisotopic (exact) mass is 471 g/mol. The van der Waals surface area contributed by atoms with Crippen LogP contribution in [0.1, 0.15) is 17.5 Å². The minimum atomic E-state index is -0.296. The molecule has 0 aliphatic rings. The smallest absolute Gasteiger partial charge is 0.250 e. The van der Waals surface area contributed by atoms with Gasteiger partial charge in [0.05, 0.1) is 21.3 Å². The van der Waals surface area contributed by atoms with Gasteiger partial charge in [-0.05, 0) is 42.2 Å². The van der Waals surface area contributed by atoms with Crippen LogP contribution in [0, 0.1) is 0 Å². The van der Waals surface area contributed by atoms with Gasteiger partial charge in [-0.2, -0.15) is 0 Å². The minimum absolute atomic E-state index is 0.296. The maximum absolute atomic E-state index is 12.3. The van der Waals surface area contributed by atoms with Crippen LogP contribution in [0.25, 0.3) is 6.08 Å². The Morgan fingerprint density at radius 2 is 1.78 bits per heavy atom. The van der Waals surface area contributed by atoms with Gasteiger partial charge in [0.1, 0.15) is 0 Å². The molecule has 1 heterocycles. The van der Waals surface area contributed by atoms with Gasteiger partial charge >= 0.3 is 0 Å². The average Bonchev–Trinajstić information content (AvgIpc) is 3.27. The highest BCUT2D eigenvalue weighted by Crippen LogP contribution is 2.38. The van der Waals surface area contributed by atoms with Crippen molar-refractivity contribution in [3.8, 4) is 17.2 Å². The Balaban J connectivity index is 1.51. The molecule has 0 spiro atoms. The van der Waals surface area contributed by atoms with E-state index in [0.717, 1.165) is 28.5 Å². The molecule has 0 atom stereocenters. The van der Waals surface area contributed by atoms with E-state index in [1.165, 1.54) is 23.0 Å². The van der Waals surface area contributed by atoms with Crippen LogP contribution >= 0.6 is 23.1 Å². The van der Waals surface area contributed by atoms with Crippen LogP contribution in [-0.4, -0.2) is 43.2 Å². The van der Waals surface area contributed by atoms with Crippen molar-refractivity contribution in [2.75, 3.05) is 32.4 Å². The number of anilines is 1. The first-order valence-electron chi connectivity index (χ1n) is 9.92. The number of nitrogens with one attached hydrogen (secondary N) is 1. The van der Waals surface area contributed by atoms with Gasteiger partial charge in [-0.3, -0.25) is 10.1 Å². The lowest BCUT2D eigenvalue weighted by atomic mass is 10.1. The van der Waals surface area contributed by atoms with E-state index in [-0.39, 0.29) is 5.91 Å². The third kappa shape index (κ3) is 6.73. The first kappa shape index (κ1) is 23.6. The lowest BCUT2D eigenvalue weighted by molar-refractivity contribution is -0.111. The van der Waals surface area contributed by atoms with Crippen molar-refractivity contribution >= 4 is 40.2 Å². The first-order valence-corrected chi connectivity index (χ1v) is 11.7. The zero-order valence-corrected chi connectivity index (χ0v) is 19.8. The topological polar surface area (TPSA) is 82.6 Å². The van der Waals surface area contributed by atoms with Gasteiger partial charge in [0.25, 0.3) is 0 Å². The van der Waals surface area contributed by atoms with Gasteiger partial charge in [0, 0.05) is 11.8 Å². The summed E-state index contributed by atoms with van der Waals surface area (Å²) in [6.07, 6.45) is 5.17. The summed E-state index contributed by atoms with van der Waals surface area (Å²) in [6.45, 7) is 0. The summed E-state index contributed by atoms with van der Waals surface area (Å²) < 4.78 is 16.8. The average molecular weight is 472 g/mol. The number of methoxy groups -OCH3 is 3. The Morgan fingerprint density at radius 1 is 1.06 bits per heavy atom. The van der Waals surface area contributed by atoms with Gasteiger partial charge in [0.2, 0.25) is 16.8 Å². The number of ether oxygens (including phenoxy) is 3. The molecule has 1 aromatic heterocycles. The predicted molar refractivity (Wildman–Crippen MR) is 129 cm³/mol. The zero-order valence-electron chi connectivity index (χ0n) is 18.2. The fraction of sp³-hybridized carbons (Fsp3) is 0.261. The zero-order chi connectivity index (χ0) is 22.8. The summed E-state index contributed by atoms with van der Waals surface area (Å²) in [5.41, 5.74) is 2.07. The fourth-order valence-electron chi connectivity index (χ4n) is 2.92. The molecule has 2 aromatic carbocycles. The quantitative estimate of drug-likeness (QED) is 0.184. The second-order valence-corrected chi connectivity index (χ2v) is 8.91. The van der Waals surface area contributed by atoms with Crippen molar-refractivity contribution in [1.29, 1.82) is 0 Å². The van der Waals surface area contributed by atoms with E-state index in [0.29, 0.717) is 22.4 Å². The number of aryl methyl sites for hydroxylation is 1. The molecule has 3 aromatic rings. The summed E-state index contributed by atoms with van der Waals surface area (Å²) >= 11 is 3.01. The van der Waals surface area contributed by atoms with Crippen LogP contribution in [0.3, 0.4) is 0 Å². The van der Waals surface area contributed by atoms with E-state index >= 15 is 0 Å². The number of carbonyl (C=O) groups excluding carboxylic acids is 1. The highest BCUT2D eigenvalue weighted by Gasteiger charge is 2.12. The summed E-state index contributed by atoms with van der Waals surface area (Å²) in [7, 11) is 4.63. The molecule has 3 rings (SSSR count). The Morgan fingerprint density at radius 3 is 2.44 bits per heavy atom. The number of rotatable bonds is 11. The van der Waals surface area contributed by atoms with Crippen molar-refractivity contribution in [2.24, 2.45) is 0 Å². The minimum Gasteiger partial charge on any atom is -0.493 e. The van der Waals surface area contributed by atoms with Crippen molar-refractivity contribution in [3.63, 3.8) is 0 Å². The standard InChI is InChI=1S/C23H25N3O4S2/c1-28-18-14-17(15-19(29-2)21(18)30-3)11-12-20(27)24-22-25-26-23(32-22)31-13-7-10-16-8-5-4-6-9-16/h4-6,8-9,11-12,14-15H,7,10,13H2,1-3H3,(H,24,25,27)/b12-11+. The van der Waals surface area contributed by atoms with Crippen LogP contribution < -0.4 is 19.5 Å². The Hall–Kier alpha value is -3.04. The Bertz CT molecular complexity index is 1030. The maximum Gasteiger partial charge on any atom is 0.250 e. The molecule has 168 valence electrons. The molecule has 9 heteroatoms. The summed E-state index contributed by atoms with van der Waals surface area (Å²) in [4.78, 5) is 12.3. The second-order valence-electron chi connectivity index (χ2n) is 6.59. The molecule has 0 fully saturated rings. The lowest BCUT2D eigenvalue weighted by Crippen LogP contribution is -2.07. The second kappa shape index (κ2) is 12.1. The van der Waals surface area contributed by atoms with Crippen LogP contribution in [-0.2, 0) is 11.2 Å². The molecule has 1 N–H and O–H groups in total. The molecule has 1 amide bonds.